The van der Waals surface area contributed by atoms with Gasteiger partial charge in [-0.3, -0.25) is 4.79 Å². The number of amides is 1. The van der Waals surface area contributed by atoms with Gasteiger partial charge in [-0.2, -0.15) is 13.2 Å². The van der Waals surface area contributed by atoms with E-state index in [4.69, 9.17) is 9.47 Å². The number of carbonyl (C=O) groups excluding carboxylic acids is 1. The van der Waals surface area contributed by atoms with Crippen LogP contribution in [0.5, 0.6) is 5.75 Å². The van der Waals surface area contributed by atoms with Crippen molar-refractivity contribution in [3.05, 3.63) is 65.5 Å². The van der Waals surface area contributed by atoms with E-state index in [1.54, 1.807) is 7.11 Å². The van der Waals surface area contributed by atoms with Crippen LogP contribution in [-0.4, -0.2) is 60.2 Å². The molecule has 0 saturated carbocycles. The Kier molecular flexibility index (Phi) is 8.83. The number of imidazole rings is 1. The van der Waals surface area contributed by atoms with Crippen LogP contribution in [0.4, 0.5) is 27.6 Å². The minimum absolute atomic E-state index is 0.0410. The van der Waals surface area contributed by atoms with E-state index in [9.17, 15) is 26.7 Å². The van der Waals surface area contributed by atoms with Crippen molar-refractivity contribution in [2.45, 2.75) is 25.1 Å². The predicted molar refractivity (Wildman–Crippen MR) is 133 cm³/mol. The van der Waals surface area contributed by atoms with Crippen LogP contribution in [0.1, 0.15) is 24.1 Å². The van der Waals surface area contributed by atoms with E-state index < -0.39 is 29.4 Å². The van der Waals surface area contributed by atoms with Gasteiger partial charge in [0.2, 0.25) is 0 Å². The van der Waals surface area contributed by atoms with Crippen molar-refractivity contribution in [2.75, 3.05) is 38.7 Å². The summed E-state index contributed by atoms with van der Waals surface area (Å²) in [6.45, 7) is 2.85. The lowest BCUT2D eigenvalue weighted by molar-refractivity contribution is -0.140. The Labute approximate surface area is 221 Å². The average Bonchev–Trinajstić information content (AvgIpc) is 3.55. The van der Waals surface area contributed by atoms with Crippen LogP contribution < -0.4 is 10.1 Å². The van der Waals surface area contributed by atoms with Crippen molar-refractivity contribution < 1.29 is 36.2 Å². The monoisotopic (exact) mass is 548 g/mol. The van der Waals surface area contributed by atoms with Crippen molar-refractivity contribution in [1.29, 1.82) is 0 Å². The van der Waals surface area contributed by atoms with Crippen LogP contribution in [0.15, 0.2) is 42.6 Å². The maximum Gasteiger partial charge on any atom is 0.432 e. The molecule has 7 nitrogen and oxygen atoms in total. The first kappa shape index (κ1) is 28.1. The van der Waals surface area contributed by atoms with Gasteiger partial charge < -0.3 is 24.7 Å². The highest BCUT2D eigenvalue weighted by atomic mass is 19.4. The molecule has 0 radical (unpaired) electrons. The number of methoxy groups -OCH3 is 1. The molecule has 2 aromatic carbocycles. The van der Waals surface area contributed by atoms with Crippen LogP contribution in [0.3, 0.4) is 0 Å². The number of H-pyrrole nitrogens is 1. The Hall–Kier alpha value is -3.95. The summed E-state index contributed by atoms with van der Waals surface area (Å²) < 4.78 is 77.1. The highest BCUT2D eigenvalue weighted by molar-refractivity contribution is 6.05. The molecule has 39 heavy (non-hydrogen) atoms. The maximum absolute atomic E-state index is 13.4. The van der Waals surface area contributed by atoms with Gasteiger partial charge in [0.1, 0.15) is 28.9 Å². The second kappa shape index (κ2) is 12.3. The van der Waals surface area contributed by atoms with Gasteiger partial charge in [-0.25, -0.2) is 13.8 Å². The standard InChI is InChI=1S/C27H25F5N4O3/c1-38-21-7-9-36(16-21)8-2-10-39-23-5-4-18(26-33-15-24(35-26)27(30,31)32)13-22(23)34-25(37)6-3-17-11-19(28)14-20(29)12-17/h4-5,11-15,21H,2,7-10,16H2,1H3,(H,33,35)(H,34,37). The van der Waals surface area contributed by atoms with Crippen molar-refractivity contribution >= 4 is 11.6 Å². The van der Waals surface area contributed by atoms with Crippen molar-refractivity contribution in [3.63, 3.8) is 0 Å². The molecule has 1 saturated heterocycles. The fraction of sp³-hybridized carbons (Fsp3) is 0.333. The molecule has 0 spiro atoms. The second-order valence-corrected chi connectivity index (χ2v) is 8.87. The number of hydrogen-bond acceptors (Lipinski definition) is 5. The molecule has 0 bridgehead atoms. The molecule has 1 aliphatic heterocycles. The third kappa shape index (κ3) is 7.78. The molecule has 4 rings (SSSR count). The number of benzene rings is 2. The molecule has 0 aliphatic carbocycles. The van der Waals surface area contributed by atoms with Crippen LogP contribution >= 0.6 is 0 Å². The van der Waals surface area contributed by atoms with E-state index in [-0.39, 0.29) is 34.5 Å². The van der Waals surface area contributed by atoms with Gasteiger partial charge in [0.25, 0.3) is 0 Å². The molecule has 3 aromatic rings. The normalized spacial score (nSPS) is 15.6. The molecular weight excluding hydrogens is 523 g/mol. The zero-order valence-electron chi connectivity index (χ0n) is 20.9. The van der Waals surface area contributed by atoms with Crippen molar-refractivity contribution in [3.8, 4) is 29.0 Å². The van der Waals surface area contributed by atoms with E-state index in [1.165, 1.54) is 18.2 Å². The lowest BCUT2D eigenvalue weighted by Crippen LogP contribution is -2.25. The first-order valence-corrected chi connectivity index (χ1v) is 12.0. The molecule has 2 heterocycles. The Morgan fingerprint density at radius 2 is 1.97 bits per heavy atom. The lowest BCUT2D eigenvalue weighted by atomic mass is 10.1. The van der Waals surface area contributed by atoms with Crippen molar-refractivity contribution in [1.82, 2.24) is 14.9 Å². The molecule has 1 amide bonds. The van der Waals surface area contributed by atoms with E-state index in [0.717, 1.165) is 38.2 Å². The van der Waals surface area contributed by atoms with Gasteiger partial charge in [0, 0.05) is 49.9 Å². The summed E-state index contributed by atoms with van der Waals surface area (Å²) in [6, 6.07) is 7.05. The third-order valence-electron chi connectivity index (χ3n) is 6.00. The summed E-state index contributed by atoms with van der Waals surface area (Å²) in [5, 5.41) is 2.54. The van der Waals surface area contributed by atoms with Gasteiger partial charge in [0.15, 0.2) is 0 Å². The summed E-state index contributed by atoms with van der Waals surface area (Å²) in [5.41, 5.74) is -0.659. The largest absolute Gasteiger partial charge is 0.491 e. The molecule has 1 unspecified atom stereocenters. The third-order valence-corrected chi connectivity index (χ3v) is 6.00. The number of nitrogens with zero attached hydrogens (tertiary/aromatic N) is 2. The number of aromatic amines is 1. The number of nitrogens with one attached hydrogen (secondary N) is 2. The molecule has 1 aliphatic rings. The van der Waals surface area contributed by atoms with E-state index >= 15 is 0 Å². The highest BCUT2D eigenvalue weighted by Gasteiger charge is 2.33. The Bertz CT molecular complexity index is 1360. The number of carbonyl (C=O) groups is 1. The fourth-order valence-corrected chi connectivity index (χ4v) is 4.08. The number of anilines is 1. The number of ether oxygens (including phenoxy) is 2. The van der Waals surface area contributed by atoms with Crippen LogP contribution in [0.25, 0.3) is 11.4 Å². The summed E-state index contributed by atoms with van der Waals surface area (Å²) in [4.78, 5) is 20.8. The van der Waals surface area contributed by atoms with Crippen molar-refractivity contribution in [2.24, 2.45) is 0 Å². The maximum atomic E-state index is 13.4. The summed E-state index contributed by atoms with van der Waals surface area (Å²) in [5.74, 6) is 2.33. The summed E-state index contributed by atoms with van der Waals surface area (Å²) >= 11 is 0. The number of halogens is 5. The predicted octanol–water partition coefficient (Wildman–Crippen LogP) is 4.85. The molecule has 2 N–H and O–H groups in total. The minimum Gasteiger partial charge on any atom is -0.491 e. The van der Waals surface area contributed by atoms with Gasteiger partial charge in [0.05, 0.1) is 24.6 Å². The Morgan fingerprint density at radius 3 is 2.64 bits per heavy atom. The number of alkyl halides is 3. The molecule has 1 fully saturated rings. The SMILES string of the molecule is COC1CCN(CCCOc2ccc(-c3ncc(C(F)(F)F)[nH]3)cc2NC(=O)C#Cc2cc(F)cc(F)c2)C1. The van der Waals surface area contributed by atoms with Gasteiger partial charge in [-0.15, -0.1) is 0 Å². The molecule has 12 heteroatoms. The van der Waals surface area contributed by atoms with Gasteiger partial charge >= 0.3 is 12.1 Å². The Morgan fingerprint density at radius 1 is 1.21 bits per heavy atom. The molecule has 1 aromatic heterocycles. The topological polar surface area (TPSA) is 79.5 Å². The summed E-state index contributed by atoms with van der Waals surface area (Å²) in [6.07, 6.45) is -2.07. The fourth-order valence-electron chi connectivity index (χ4n) is 4.08. The minimum atomic E-state index is -4.60. The number of hydrogen-bond donors (Lipinski definition) is 2. The first-order valence-electron chi connectivity index (χ1n) is 12.0. The Balaban J connectivity index is 1.49. The average molecular weight is 549 g/mol. The first-order chi connectivity index (χ1) is 18.6. The van der Waals surface area contributed by atoms with E-state index in [0.29, 0.717) is 25.3 Å². The van der Waals surface area contributed by atoms with Crippen LogP contribution in [0.2, 0.25) is 0 Å². The zero-order chi connectivity index (χ0) is 28.0. The quantitative estimate of drug-likeness (QED) is 0.239. The summed E-state index contributed by atoms with van der Waals surface area (Å²) in [7, 11) is 1.68. The molecule has 206 valence electrons. The van der Waals surface area contributed by atoms with Crippen LogP contribution in [0, 0.1) is 23.5 Å². The van der Waals surface area contributed by atoms with E-state index in [2.05, 4.69) is 32.0 Å². The lowest BCUT2D eigenvalue weighted by Gasteiger charge is -2.17. The van der Waals surface area contributed by atoms with E-state index in [1.807, 2.05) is 0 Å². The molecule has 1 atom stereocenters. The number of rotatable bonds is 8. The smallest absolute Gasteiger partial charge is 0.432 e. The zero-order valence-corrected chi connectivity index (χ0v) is 20.9. The van der Waals surface area contributed by atoms with Gasteiger partial charge in [-0.1, -0.05) is 5.92 Å². The van der Waals surface area contributed by atoms with Crippen LogP contribution in [-0.2, 0) is 15.7 Å². The molecular formula is C27H25F5N4O3. The second-order valence-electron chi connectivity index (χ2n) is 8.87. The highest BCUT2D eigenvalue weighted by Crippen LogP contribution is 2.33. The van der Waals surface area contributed by atoms with Gasteiger partial charge in [-0.05, 0) is 43.2 Å². The number of likely N-dealkylation sites (tertiary alicyclic amines) is 1. The number of aromatic nitrogens is 2.